The van der Waals surface area contributed by atoms with Crippen molar-refractivity contribution in [1.82, 2.24) is 4.98 Å². The highest BCUT2D eigenvalue weighted by atomic mass is 35.5. The smallest absolute Gasteiger partial charge is 0.224 e. The first kappa shape index (κ1) is 13.9. The first-order valence-electron chi connectivity index (χ1n) is 6.36. The van der Waals surface area contributed by atoms with Crippen molar-refractivity contribution in [2.75, 3.05) is 11.2 Å². The Kier molecular flexibility index (Phi) is 4.43. The fourth-order valence-electron chi connectivity index (χ4n) is 1.72. The monoisotopic (exact) mass is 280 g/mol. The number of halogens is 1. The van der Waals surface area contributed by atoms with Gasteiger partial charge in [0.1, 0.15) is 5.52 Å². The summed E-state index contributed by atoms with van der Waals surface area (Å²) < 4.78 is 5.61. The van der Waals surface area contributed by atoms with Gasteiger partial charge in [0.05, 0.1) is 0 Å². The van der Waals surface area contributed by atoms with Crippen molar-refractivity contribution in [2.45, 2.75) is 32.6 Å². The van der Waals surface area contributed by atoms with Crippen LogP contribution in [0.5, 0.6) is 0 Å². The van der Waals surface area contributed by atoms with E-state index in [0.29, 0.717) is 24.6 Å². The number of rotatable bonds is 5. The molecule has 0 spiro atoms. The van der Waals surface area contributed by atoms with Crippen molar-refractivity contribution in [3.8, 4) is 0 Å². The number of hydrogen-bond acceptors (Lipinski definition) is 3. The molecule has 2 aromatic rings. The number of oxazole rings is 1. The zero-order valence-electron chi connectivity index (χ0n) is 11.1. The molecule has 0 atom stereocenters. The largest absolute Gasteiger partial charge is 0.440 e. The maximum atomic E-state index is 11.6. The van der Waals surface area contributed by atoms with E-state index >= 15 is 0 Å². The minimum atomic E-state index is -0.0347. The van der Waals surface area contributed by atoms with Gasteiger partial charge >= 0.3 is 0 Å². The minimum Gasteiger partial charge on any atom is -0.440 e. The molecule has 0 aliphatic rings. The number of hydrogen-bond donors (Lipinski definition) is 1. The summed E-state index contributed by atoms with van der Waals surface area (Å²) in [6.07, 6.45) is 1.11. The van der Waals surface area contributed by atoms with Crippen molar-refractivity contribution >= 4 is 34.3 Å². The molecule has 0 aliphatic carbocycles. The molecular formula is C14H17ClN2O2. The highest BCUT2D eigenvalue weighted by Gasteiger charge is 2.10. The van der Waals surface area contributed by atoms with E-state index in [2.05, 4.69) is 10.3 Å². The number of anilines is 1. The van der Waals surface area contributed by atoms with Crippen molar-refractivity contribution in [2.24, 2.45) is 0 Å². The third-order valence-corrected chi connectivity index (χ3v) is 2.99. The summed E-state index contributed by atoms with van der Waals surface area (Å²) >= 11 is 5.56. The SMILES string of the molecule is CC(C)c1nc2cc(NC(=O)CCCCl)ccc2o1. The average Bonchev–Trinajstić information content (AvgIpc) is 2.79. The second-order valence-electron chi connectivity index (χ2n) is 4.73. The van der Waals surface area contributed by atoms with E-state index in [9.17, 15) is 4.79 Å². The fourth-order valence-corrected chi connectivity index (χ4v) is 1.85. The number of carbonyl (C=O) groups is 1. The molecule has 1 aromatic heterocycles. The van der Waals surface area contributed by atoms with Gasteiger partial charge in [-0.3, -0.25) is 4.79 Å². The molecule has 1 N–H and O–H groups in total. The summed E-state index contributed by atoms with van der Waals surface area (Å²) in [5.74, 6) is 1.41. The number of nitrogens with one attached hydrogen (secondary N) is 1. The van der Waals surface area contributed by atoms with E-state index in [-0.39, 0.29) is 11.8 Å². The molecule has 0 radical (unpaired) electrons. The molecule has 1 heterocycles. The maximum absolute atomic E-state index is 11.6. The second-order valence-corrected chi connectivity index (χ2v) is 5.11. The van der Waals surface area contributed by atoms with E-state index in [1.807, 2.05) is 32.0 Å². The Balaban J connectivity index is 2.14. The van der Waals surface area contributed by atoms with Crippen molar-refractivity contribution in [1.29, 1.82) is 0 Å². The van der Waals surface area contributed by atoms with E-state index in [1.165, 1.54) is 0 Å². The van der Waals surface area contributed by atoms with Gasteiger partial charge in [-0.2, -0.15) is 0 Å². The molecule has 0 saturated heterocycles. The number of alkyl halides is 1. The lowest BCUT2D eigenvalue weighted by Crippen LogP contribution is -2.11. The number of fused-ring (bicyclic) bond motifs is 1. The lowest BCUT2D eigenvalue weighted by Gasteiger charge is -2.03. The number of nitrogens with zero attached hydrogens (tertiary/aromatic N) is 1. The van der Waals surface area contributed by atoms with Gasteiger partial charge in [0.25, 0.3) is 0 Å². The standard InChI is InChI=1S/C14H17ClN2O2/c1-9(2)14-17-11-8-10(5-6-12(11)19-14)16-13(18)4-3-7-15/h5-6,8-9H,3-4,7H2,1-2H3,(H,16,18). The van der Waals surface area contributed by atoms with E-state index < -0.39 is 0 Å². The van der Waals surface area contributed by atoms with Gasteiger partial charge < -0.3 is 9.73 Å². The quantitative estimate of drug-likeness (QED) is 0.845. The van der Waals surface area contributed by atoms with Crippen LogP contribution in [0, 0.1) is 0 Å². The first-order chi connectivity index (χ1) is 9.10. The van der Waals surface area contributed by atoms with Gasteiger partial charge in [0, 0.05) is 23.9 Å². The minimum absolute atomic E-state index is 0.0347. The topological polar surface area (TPSA) is 55.1 Å². The third-order valence-electron chi connectivity index (χ3n) is 2.72. The van der Waals surface area contributed by atoms with Gasteiger partial charge in [-0.15, -0.1) is 11.6 Å². The predicted octanol–water partition coefficient (Wildman–Crippen LogP) is 3.91. The van der Waals surface area contributed by atoms with Crippen molar-refractivity contribution < 1.29 is 9.21 Å². The van der Waals surface area contributed by atoms with Crippen LogP contribution in [-0.4, -0.2) is 16.8 Å². The van der Waals surface area contributed by atoms with E-state index in [4.69, 9.17) is 16.0 Å². The molecule has 0 bridgehead atoms. The number of benzene rings is 1. The normalized spacial score (nSPS) is 11.2. The van der Waals surface area contributed by atoms with Gasteiger partial charge in [-0.25, -0.2) is 4.98 Å². The van der Waals surface area contributed by atoms with Gasteiger partial charge in [0.15, 0.2) is 11.5 Å². The molecule has 1 aromatic carbocycles. The molecule has 19 heavy (non-hydrogen) atoms. The highest BCUT2D eigenvalue weighted by Crippen LogP contribution is 2.23. The summed E-state index contributed by atoms with van der Waals surface area (Å²) in [4.78, 5) is 16.0. The number of carbonyl (C=O) groups excluding carboxylic acids is 1. The van der Waals surface area contributed by atoms with Crippen LogP contribution in [0.25, 0.3) is 11.1 Å². The van der Waals surface area contributed by atoms with Crippen LogP contribution in [0.15, 0.2) is 22.6 Å². The summed E-state index contributed by atoms with van der Waals surface area (Å²) in [7, 11) is 0. The zero-order chi connectivity index (χ0) is 13.8. The molecular weight excluding hydrogens is 264 g/mol. The summed E-state index contributed by atoms with van der Waals surface area (Å²) in [5.41, 5.74) is 2.23. The molecule has 0 unspecified atom stereocenters. The van der Waals surface area contributed by atoms with Gasteiger partial charge in [0.2, 0.25) is 5.91 Å². The van der Waals surface area contributed by atoms with Gasteiger partial charge in [-0.1, -0.05) is 13.8 Å². The molecule has 1 amide bonds. The van der Waals surface area contributed by atoms with Crippen LogP contribution >= 0.6 is 11.6 Å². The molecule has 5 heteroatoms. The highest BCUT2D eigenvalue weighted by molar-refractivity contribution is 6.18. The van der Waals surface area contributed by atoms with Crippen LogP contribution in [0.2, 0.25) is 0 Å². The Labute approximate surface area is 117 Å². The lowest BCUT2D eigenvalue weighted by atomic mass is 10.2. The molecule has 0 saturated carbocycles. The number of aromatic nitrogens is 1. The van der Waals surface area contributed by atoms with Crippen LogP contribution in [0.1, 0.15) is 38.5 Å². The molecule has 2 rings (SSSR count). The molecule has 102 valence electrons. The average molecular weight is 281 g/mol. The van der Waals surface area contributed by atoms with Crippen LogP contribution in [0.3, 0.4) is 0 Å². The Morgan fingerprint density at radius 2 is 2.26 bits per heavy atom. The van der Waals surface area contributed by atoms with Crippen LogP contribution < -0.4 is 5.32 Å². The van der Waals surface area contributed by atoms with Crippen LogP contribution in [-0.2, 0) is 4.79 Å². The fraction of sp³-hybridized carbons (Fsp3) is 0.429. The van der Waals surface area contributed by atoms with Crippen LogP contribution in [0.4, 0.5) is 5.69 Å². The maximum Gasteiger partial charge on any atom is 0.224 e. The Bertz CT molecular complexity index is 578. The lowest BCUT2D eigenvalue weighted by molar-refractivity contribution is -0.116. The van der Waals surface area contributed by atoms with E-state index in [0.717, 1.165) is 16.8 Å². The Hall–Kier alpha value is -1.55. The Morgan fingerprint density at radius 3 is 2.95 bits per heavy atom. The summed E-state index contributed by atoms with van der Waals surface area (Å²) in [6.45, 7) is 4.05. The Morgan fingerprint density at radius 1 is 1.47 bits per heavy atom. The zero-order valence-corrected chi connectivity index (χ0v) is 11.8. The molecule has 0 fully saturated rings. The van der Waals surface area contributed by atoms with Crippen molar-refractivity contribution in [3.63, 3.8) is 0 Å². The number of amides is 1. The third kappa shape index (κ3) is 3.47. The molecule has 4 nitrogen and oxygen atoms in total. The molecule has 0 aliphatic heterocycles. The first-order valence-corrected chi connectivity index (χ1v) is 6.90. The summed E-state index contributed by atoms with van der Waals surface area (Å²) in [5, 5.41) is 2.83. The van der Waals surface area contributed by atoms with E-state index in [1.54, 1.807) is 0 Å². The predicted molar refractivity (Wildman–Crippen MR) is 76.7 cm³/mol. The second kappa shape index (κ2) is 6.06. The van der Waals surface area contributed by atoms with Gasteiger partial charge in [-0.05, 0) is 24.6 Å². The van der Waals surface area contributed by atoms with Crippen molar-refractivity contribution in [3.05, 3.63) is 24.1 Å². The summed E-state index contributed by atoms with van der Waals surface area (Å²) in [6, 6.07) is 5.46.